The zero-order valence-corrected chi connectivity index (χ0v) is 13.6. The van der Waals surface area contributed by atoms with Gasteiger partial charge in [-0.3, -0.25) is 14.4 Å². The lowest BCUT2D eigenvalue weighted by atomic mass is 9.97. The van der Waals surface area contributed by atoms with E-state index in [1.807, 2.05) is 13.8 Å². The summed E-state index contributed by atoms with van der Waals surface area (Å²) in [6.07, 6.45) is -7.07. The van der Waals surface area contributed by atoms with Crippen LogP contribution in [0.3, 0.4) is 0 Å². The number of hydrogen-bond acceptors (Lipinski definition) is 4. The quantitative estimate of drug-likeness (QED) is 0.364. The predicted octanol–water partition coefficient (Wildman–Crippen LogP) is 3.39. The molecule has 0 aromatic heterocycles. The van der Waals surface area contributed by atoms with Gasteiger partial charge in [0, 0.05) is 13.5 Å². The molecule has 0 atom stereocenters. The number of rotatable bonds is 2. The largest absolute Gasteiger partial charge is 0.450 e. The van der Waals surface area contributed by atoms with Gasteiger partial charge >= 0.3 is 6.18 Å². The molecule has 2 rings (SSSR count). The van der Waals surface area contributed by atoms with E-state index in [2.05, 4.69) is 0 Å². The third-order valence-corrected chi connectivity index (χ3v) is 3.10. The molecule has 0 unspecified atom stereocenters. The van der Waals surface area contributed by atoms with Crippen molar-refractivity contribution >= 4 is 17.3 Å². The summed E-state index contributed by atoms with van der Waals surface area (Å²) >= 11 is 0. The van der Waals surface area contributed by atoms with Crippen molar-refractivity contribution in [3.8, 4) is 0 Å². The summed E-state index contributed by atoms with van der Waals surface area (Å²) in [5.41, 5.74) is -2.97. The minimum atomic E-state index is -5.37. The highest BCUT2D eigenvalue weighted by atomic mass is 19.4. The van der Waals surface area contributed by atoms with Gasteiger partial charge in [-0.2, -0.15) is 13.2 Å². The van der Waals surface area contributed by atoms with Gasteiger partial charge in [0.1, 0.15) is 0 Å². The van der Waals surface area contributed by atoms with Crippen LogP contribution in [0.2, 0.25) is 0 Å². The Labute approximate surface area is 142 Å². The number of carbonyl (C=O) groups is 3. The van der Waals surface area contributed by atoms with Crippen molar-refractivity contribution in [1.29, 1.82) is 0 Å². The minimum Gasteiger partial charge on any atom is -0.400 e. The molecular weight excluding hydrogens is 377 g/mol. The number of Topliss-reactive ketones (excluding diaryl/α,β-unsaturated/α-hetero) is 3. The number of aliphatic hydroxyl groups is 1. The average molecular weight is 390 g/mol. The lowest BCUT2D eigenvalue weighted by Gasteiger charge is -2.08. The maximum Gasteiger partial charge on any atom is 0.450 e. The number of benzene rings is 1. The molecular formula is C15H13F7O4. The van der Waals surface area contributed by atoms with Crippen LogP contribution in [0.25, 0.3) is 0 Å². The summed E-state index contributed by atoms with van der Waals surface area (Å²) in [5.74, 6) is -17.4. The average Bonchev–Trinajstić information content (AvgIpc) is 2.85. The second kappa shape index (κ2) is 8.88. The molecule has 26 heavy (non-hydrogen) atoms. The van der Waals surface area contributed by atoms with Crippen LogP contribution in [-0.2, 0) is 4.79 Å². The molecule has 0 saturated heterocycles. The molecule has 0 heterocycles. The second-order valence-corrected chi connectivity index (χ2v) is 4.41. The summed E-state index contributed by atoms with van der Waals surface area (Å²) in [5, 5.41) is 7.00. The SMILES string of the molecule is CC.CO.O=C1c2c(F)c(F)c(F)c(F)c2C(=O)C1CC(=O)C(F)(F)F. The highest BCUT2D eigenvalue weighted by molar-refractivity contribution is 6.27. The van der Waals surface area contributed by atoms with E-state index in [-0.39, 0.29) is 0 Å². The van der Waals surface area contributed by atoms with Crippen molar-refractivity contribution in [1.82, 2.24) is 0 Å². The first-order valence-electron chi connectivity index (χ1n) is 6.97. The standard InChI is InChI=1S/C12H3F7O3.C2H6.CH4O/c13-6-4-5(7(14)9(16)8(6)15)11(22)2(10(4)21)1-3(20)12(17,18)19;2*1-2/h2H,1H2;1-2H3;2H,1H3. The Kier molecular flexibility index (Phi) is 8.09. The fourth-order valence-corrected chi connectivity index (χ4v) is 2.05. The summed E-state index contributed by atoms with van der Waals surface area (Å²) in [7, 11) is 1.00. The molecule has 0 amide bonds. The van der Waals surface area contributed by atoms with Crippen molar-refractivity contribution < 1.29 is 50.2 Å². The van der Waals surface area contributed by atoms with Crippen molar-refractivity contribution in [2.45, 2.75) is 26.4 Å². The zero-order valence-electron chi connectivity index (χ0n) is 13.6. The van der Waals surface area contributed by atoms with Gasteiger partial charge in [-0.05, 0) is 0 Å². The fourth-order valence-electron chi connectivity index (χ4n) is 2.05. The Balaban J connectivity index is 0.00000146. The van der Waals surface area contributed by atoms with E-state index in [0.29, 0.717) is 0 Å². The molecule has 4 nitrogen and oxygen atoms in total. The van der Waals surface area contributed by atoms with Crippen molar-refractivity contribution in [3.05, 3.63) is 34.4 Å². The van der Waals surface area contributed by atoms with Gasteiger partial charge in [0.05, 0.1) is 17.0 Å². The number of carbonyl (C=O) groups excluding carboxylic acids is 3. The van der Waals surface area contributed by atoms with E-state index in [4.69, 9.17) is 5.11 Å². The highest BCUT2D eigenvalue weighted by Gasteiger charge is 2.49. The first-order valence-corrected chi connectivity index (χ1v) is 6.97. The second-order valence-electron chi connectivity index (χ2n) is 4.41. The molecule has 1 aromatic carbocycles. The molecule has 1 aromatic rings. The van der Waals surface area contributed by atoms with Crippen LogP contribution in [-0.4, -0.2) is 35.7 Å². The van der Waals surface area contributed by atoms with Crippen LogP contribution >= 0.6 is 0 Å². The molecule has 0 radical (unpaired) electrons. The molecule has 0 aliphatic heterocycles. The van der Waals surface area contributed by atoms with Gasteiger partial charge in [-0.15, -0.1) is 0 Å². The number of hydrogen-bond donors (Lipinski definition) is 1. The molecule has 0 saturated carbocycles. The van der Waals surface area contributed by atoms with E-state index in [0.717, 1.165) is 7.11 Å². The summed E-state index contributed by atoms with van der Waals surface area (Å²) < 4.78 is 89.3. The molecule has 11 heteroatoms. The van der Waals surface area contributed by atoms with E-state index >= 15 is 0 Å². The summed E-state index contributed by atoms with van der Waals surface area (Å²) in [4.78, 5) is 34.1. The normalized spacial score (nSPS) is 13.5. The van der Waals surface area contributed by atoms with Crippen molar-refractivity contribution in [2.24, 2.45) is 5.92 Å². The van der Waals surface area contributed by atoms with Gasteiger partial charge in [0.25, 0.3) is 0 Å². The van der Waals surface area contributed by atoms with Crippen LogP contribution in [0.4, 0.5) is 30.7 Å². The number of halogens is 7. The van der Waals surface area contributed by atoms with Gasteiger partial charge in [0.15, 0.2) is 34.8 Å². The Morgan fingerprint density at radius 1 is 0.846 bits per heavy atom. The monoisotopic (exact) mass is 390 g/mol. The Morgan fingerprint density at radius 2 is 1.15 bits per heavy atom. The number of alkyl halides is 3. The van der Waals surface area contributed by atoms with Gasteiger partial charge in [-0.25, -0.2) is 17.6 Å². The maximum absolute atomic E-state index is 13.5. The fraction of sp³-hybridized carbons (Fsp3) is 0.400. The predicted molar refractivity (Wildman–Crippen MR) is 73.6 cm³/mol. The van der Waals surface area contributed by atoms with E-state index in [9.17, 15) is 45.1 Å². The third kappa shape index (κ3) is 4.09. The van der Waals surface area contributed by atoms with Crippen molar-refractivity contribution in [3.63, 3.8) is 0 Å². The molecule has 1 N–H and O–H groups in total. The zero-order chi connectivity index (χ0) is 21.0. The Hall–Kier alpha value is -2.30. The number of fused-ring (bicyclic) bond motifs is 1. The summed E-state index contributed by atoms with van der Waals surface area (Å²) in [6, 6.07) is 0. The van der Waals surface area contributed by atoms with Crippen LogP contribution in [0.1, 0.15) is 41.0 Å². The molecule has 1 aliphatic rings. The summed E-state index contributed by atoms with van der Waals surface area (Å²) in [6.45, 7) is 4.00. The number of aliphatic hydroxyl groups excluding tert-OH is 1. The smallest absolute Gasteiger partial charge is 0.400 e. The van der Waals surface area contributed by atoms with Gasteiger partial charge in [-0.1, -0.05) is 13.8 Å². The van der Waals surface area contributed by atoms with E-state index in [1.54, 1.807) is 0 Å². The first kappa shape index (κ1) is 23.7. The third-order valence-electron chi connectivity index (χ3n) is 3.10. The molecule has 1 aliphatic carbocycles. The minimum absolute atomic E-state index is 1.00. The Bertz CT molecular complexity index is 679. The van der Waals surface area contributed by atoms with Gasteiger partial charge < -0.3 is 5.11 Å². The van der Waals surface area contributed by atoms with E-state index in [1.165, 1.54) is 0 Å². The molecule has 0 spiro atoms. The maximum atomic E-state index is 13.5. The molecule has 0 fully saturated rings. The highest BCUT2D eigenvalue weighted by Crippen LogP contribution is 2.36. The first-order chi connectivity index (χ1) is 12.0. The molecule has 146 valence electrons. The lowest BCUT2D eigenvalue weighted by Crippen LogP contribution is -2.29. The van der Waals surface area contributed by atoms with Gasteiger partial charge in [0.2, 0.25) is 5.78 Å². The van der Waals surface area contributed by atoms with E-state index < -0.39 is 70.3 Å². The lowest BCUT2D eigenvalue weighted by molar-refractivity contribution is -0.171. The Morgan fingerprint density at radius 3 is 1.42 bits per heavy atom. The van der Waals surface area contributed by atoms with Crippen LogP contribution in [0.5, 0.6) is 0 Å². The van der Waals surface area contributed by atoms with Crippen LogP contribution < -0.4 is 0 Å². The van der Waals surface area contributed by atoms with Crippen molar-refractivity contribution in [2.75, 3.05) is 7.11 Å². The van der Waals surface area contributed by atoms with Crippen LogP contribution in [0, 0.1) is 29.2 Å². The van der Waals surface area contributed by atoms with Crippen LogP contribution in [0.15, 0.2) is 0 Å². The molecule has 0 bridgehead atoms. The number of ketones is 3. The topological polar surface area (TPSA) is 71.4 Å².